The number of nitrogens with zero attached hydrogens (tertiary/aromatic N) is 3. The summed E-state index contributed by atoms with van der Waals surface area (Å²) in [6, 6.07) is 6.54. The fourth-order valence-electron chi connectivity index (χ4n) is 2.19. The second-order valence-electron chi connectivity index (χ2n) is 4.72. The highest BCUT2D eigenvalue weighted by Gasteiger charge is 2.08. The van der Waals surface area contributed by atoms with Crippen LogP contribution >= 0.6 is 0 Å². The molecular formula is C15H23N3. The molecule has 0 bridgehead atoms. The summed E-state index contributed by atoms with van der Waals surface area (Å²) < 4.78 is 0. The second kappa shape index (κ2) is 13.5. The van der Waals surface area contributed by atoms with E-state index in [-0.39, 0.29) is 0 Å². The van der Waals surface area contributed by atoms with E-state index >= 15 is 0 Å². The monoisotopic (exact) mass is 245 g/mol. The zero-order valence-electron chi connectivity index (χ0n) is 11.2. The molecule has 0 rings (SSSR count). The van der Waals surface area contributed by atoms with Crippen molar-refractivity contribution in [1.29, 1.82) is 15.8 Å². The Morgan fingerprint density at radius 2 is 1.00 bits per heavy atom. The van der Waals surface area contributed by atoms with Crippen LogP contribution in [-0.2, 0) is 0 Å². The van der Waals surface area contributed by atoms with Gasteiger partial charge in [0, 0.05) is 19.3 Å². The molecule has 3 heteroatoms. The number of unbranched alkanes of at least 4 members (excludes halogenated alkanes) is 5. The highest BCUT2D eigenvalue weighted by atomic mass is 14.2. The van der Waals surface area contributed by atoms with Crippen LogP contribution in [-0.4, -0.2) is 0 Å². The highest BCUT2D eigenvalue weighted by Crippen LogP contribution is 2.22. The van der Waals surface area contributed by atoms with Gasteiger partial charge in [0.05, 0.1) is 18.2 Å². The molecule has 0 amide bonds. The first-order valence-electron chi connectivity index (χ1n) is 6.96. The van der Waals surface area contributed by atoms with Gasteiger partial charge in [0.15, 0.2) is 0 Å². The van der Waals surface area contributed by atoms with Gasteiger partial charge in [-0.2, -0.15) is 15.8 Å². The topological polar surface area (TPSA) is 71.4 Å². The van der Waals surface area contributed by atoms with Crippen molar-refractivity contribution in [2.24, 2.45) is 5.92 Å². The van der Waals surface area contributed by atoms with Gasteiger partial charge in [-0.1, -0.05) is 19.3 Å². The van der Waals surface area contributed by atoms with E-state index in [1.807, 2.05) is 0 Å². The van der Waals surface area contributed by atoms with Gasteiger partial charge in [-0.05, 0) is 38.0 Å². The van der Waals surface area contributed by atoms with Crippen molar-refractivity contribution in [3.63, 3.8) is 0 Å². The first kappa shape index (κ1) is 16.5. The molecule has 0 aliphatic carbocycles. The van der Waals surface area contributed by atoms with Crippen LogP contribution in [0.15, 0.2) is 0 Å². The molecule has 0 saturated carbocycles. The summed E-state index contributed by atoms with van der Waals surface area (Å²) in [6.07, 6.45) is 10.6. The molecule has 0 heterocycles. The predicted octanol–water partition coefficient (Wildman–Crippen LogP) is 4.46. The molecule has 0 aliphatic rings. The van der Waals surface area contributed by atoms with Crippen molar-refractivity contribution in [2.45, 2.75) is 70.6 Å². The molecule has 18 heavy (non-hydrogen) atoms. The molecule has 0 N–H and O–H groups in total. The zero-order valence-corrected chi connectivity index (χ0v) is 11.2. The molecule has 0 fully saturated rings. The lowest BCUT2D eigenvalue weighted by molar-refractivity contribution is 0.384. The van der Waals surface area contributed by atoms with Crippen LogP contribution in [0.25, 0.3) is 0 Å². The number of hydrogen-bond donors (Lipinski definition) is 0. The number of nitriles is 3. The third kappa shape index (κ3) is 11.0. The molecular weight excluding hydrogens is 222 g/mol. The van der Waals surface area contributed by atoms with E-state index in [9.17, 15) is 0 Å². The molecule has 0 spiro atoms. The molecule has 0 atom stereocenters. The standard InChI is InChI=1S/C15H23N3/c16-12-6-2-1-3-9-15(10-4-7-13-17)11-5-8-14-18/h15H,1-11H2. The summed E-state index contributed by atoms with van der Waals surface area (Å²) in [5, 5.41) is 25.5. The Morgan fingerprint density at radius 1 is 0.556 bits per heavy atom. The van der Waals surface area contributed by atoms with E-state index in [4.69, 9.17) is 15.8 Å². The van der Waals surface area contributed by atoms with Crippen molar-refractivity contribution in [3.8, 4) is 18.2 Å². The minimum Gasteiger partial charge on any atom is -0.198 e. The third-order valence-electron chi connectivity index (χ3n) is 3.20. The Labute approximate surface area is 111 Å². The Hall–Kier alpha value is -1.53. The van der Waals surface area contributed by atoms with Gasteiger partial charge in [-0.15, -0.1) is 0 Å². The van der Waals surface area contributed by atoms with Gasteiger partial charge in [0.25, 0.3) is 0 Å². The average molecular weight is 245 g/mol. The summed E-state index contributed by atoms with van der Waals surface area (Å²) in [4.78, 5) is 0. The normalized spacial score (nSPS) is 9.67. The van der Waals surface area contributed by atoms with E-state index in [1.54, 1.807) is 0 Å². The Kier molecular flexibility index (Phi) is 12.4. The maximum atomic E-state index is 8.54. The Balaban J connectivity index is 3.71. The largest absolute Gasteiger partial charge is 0.198 e. The lowest BCUT2D eigenvalue weighted by Gasteiger charge is -2.15. The van der Waals surface area contributed by atoms with Crippen LogP contribution in [0.3, 0.4) is 0 Å². The van der Waals surface area contributed by atoms with Crippen LogP contribution < -0.4 is 0 Å². The number of hydrogen-bond acceptors (Lipinski definition) is 3. The Morgan fingerprint density at radius 3 is 1.50 bits per heavy atom. The van der Waals surface area contributed by atoms with E-state index in [1.165, 1.54) is 12.8 Å². The van der Waals surface area contributed by atoms with Crippen molar-refractivity contribution in [2.75, 3.05) is 0 Å². The zero-order chi connectivity index (χ0) is 13.5. The summed E-state index contributed by atoms with van der Waals surface area (Å²) in [7, 11) is 0. The highest BCUT2D eigenvalue weighted by molar-refractivity contribution is 4.73. The van der Waals surface area contributed by atoms with Crippen LogP contribution in [0.1, 0.15) is 70.6 Å². The quantitative estimate of drug-likeness (QED) is 0.504. The van der Waals surface area contributed by atoms with Gasteiger partial charge < -0.3 is 0 Å². The molecule has 0 unspecified atom stereocenters. The van der Waals surface area contributed by atoms with Gasteiger partial charge in [0.1, 0.15) is 0 Å². The van der Waals surface area contributed by atoms with E-state index < -0.39 is 0 Å². The first-order valence-corrected chi connectivity index (χ1v) is 6.96. The van der Waals surface area contributed by atoms with Crippen molar-refractivity contribution in [1.82, 2.24) is 0 Å². The SMILES string of the molecule is N#CCCCCCC(CCCC#N)CCCC#N. The fourth-order valence-corrected chi connectivity index (χ4v) is 2.19. The lowest BCUT2D eigenvalue weighted by Crippen LogP contribution is -2.01. The maximum absolute atomic E-state index is 8.54. The molecule has 0 aliphatic heterocycles. The average Bonchev–Trinajstić information content (AvgIpc) is 2.38. The van der Waals surface area contributed by atoms with Gasteiger partial charge in [-0.3, -0.25) is 0 Å². The van der Waals surface area contributed by atoms with Gasteiger partial charge in [-0.25, -0.2) is 0 Å². The summed E-state index contributed by atoms with van der Waals surface area (Å²) in [5.74, 6) is 0.661. The summed E-state index contributed by atoms with van der Waals surface area (Å²) in [5.41, 5.74) is 0. The fraction of sp³-hybridized carbons (Fsp3) is 0.800. The van der Waals surface area contributed by atoms with Crippen molar-refractivity contribution >= 4 is 0 Å². The van der Waals surface area contributed by atoms with E-state index in [2.05, 4.69) is 18.2 Å². The molecule has 0 aromatic rings. The van der Waals surface area contributed by atoms with Crippen LogP contribution in [0.5, 0.6) is 0 Å². The van der Waals surface area contributed by atoms with Crippen LogP contribution in [0, 0.1) is 39.9 Å². The Bertz CT molecular complexity index is 283. The van der Waals surface area contributed by atoms with E-state index in [0.717, 1.165) is 38.5 Å². The lowest BCUT2D eigenvalue weighted by atomic mass is 9.90. The third-order valence-corrected chi connectivity index (χ3v) is 3.20. The first-order chi connectivity index (χ1) is 8.85. The van der Waals surface area contributed by atoms with Crippen molar-refractivity contribution in [3.05, 3.63) is 0 Å². The molecule has 0 radical (unpaired) electrons. The summed E-state index contributed by atoms with van der Waals surface area (Å²) in [6.45, 7) is 0. The molecule has 0 aromatic heterocycles. The number of rotatable bonds is 11. The summed E-state index contributed by atoms with van der Waals surface area (Å²) >= 11 is 0. The van der Waals surface area contributed by atoms with Crippen LogP contribution in [0.4, 0.5) is 0 Å². The maximum Gasteiger partial charge on any atom is 0.0621 e. The second-order valence-corrected chi connectivity index (χ2v) is 4.72. The minimum absolute atomic E-state index is 0.642. The van der Waals surface area contributed by atoms with Crippen molar-refractivity contribution < 1.29 is 0 Å². The molecule has 0 saturated heterocycles. The van der Waals surface area contributed by atoms with Gasteiger partial charge in [0.2, 0.25) is 0 Å². The van der Waals surface area contributed by atoms with Gasteiger partial charge >= 0.3 is 0 Å². The minimum atomic E-state index is 0.642. The smallest absolute Gasteiger partial charge is 0.0621 e. The molecule has 98 valence electrons. The van der Waals surface area contributed by atoms with E-state index in [0.29, 0.717) is 25.2 Å². The molecule has 0 aromatic carbocycles. The predicted molar refractivity (Wildman–Crippen MR) is 71.1 cm³/mol. The van der Waals surface area contributed by atoms with Crippen LogP contribution in [0.2, 0.25) is 0 Å². The molecule has 3 nitrogen and oxygen atoms in total.